The predicted octanol–water partition coefficient (Wildman–Crippen LogP) is 1.28. The van der Waals surface area contributed by atoms with Crippen LogP contribution in [-0.2, 0) is 11.3 Å². The number of benzene rings is 1. The number of rotatable bonds is 1. The van der Waals surface area contributed by atoms with Crippen LogP contribution < -0.4 is 10.1 Å². The fourth-order valence-corrected chi connectivity index (χ4v) is 2.53. The van der Waals surface area contributed by atoms with Crippen molar-refractivity contribution < 1.29 is 9.47 Å². The number of hydrogen-bond donors (Lipinski definition) is 1. The lowest BCUT2D eigenvalue weighted by Gasteiger charge is -2.28. The Morgan fingerprint density at radius 3 is 3.20 bits per heavy atom. The second-order valence-corrected chi connectivity index (χ2v) is 4.18. The SMILES string of the molecule is COc1ccc2c(c1)COC1CNCC21. The van der Waals surface area contributed by atoms with Crippen LogP contribution in [0.5, 0.6) is 5.75 Å². The summed E-state index contributed by atoms with van der Waals surface area (Å²) in [6.07, 6.45) is 0.367. The summed E-state index contributed by atoms with van der Waals surface area (Å²) in [4.78, 5) is 0. The topological polar surface area (TPSA) is 30.5 Å². The van der Waals surface area contributed by atoms with E-state index in [1.54, 1.807) is 7.11 Å². The third-order valence-electron chi connectivity index (χ3n) is 3.36. The number of fused-ring (bicyclic) bond motifs is 3. The van der Waals surface area contributed by atoms with Gasteiger partial charge in [-0.1, -0.05) is 6.07 Å². The standard InChI is InChI=1S/C12H15NO2/c1-14-9-2-3-10-8(4-9)7-15-12-6-13-5-11(10)12/h2-4,11-13H,5-7H2,1H3. The van der Waals surface area contributed by atoms with Gasteiger partial charge in [0.1, 0.15) is 5.75 Å². The van der Waals surface area contributed by atoms with Gasteiger partial charge in [0.05, 0.1) is 19.8 Å². The van der Waals surface area contributed by atoms with Crippen LogP contribution in [0, 0.1) is 0 Å². The highest BCUT2D eigenvalue weighted by Gasteiger charge is 2.34. The Labute approximate surface area is 89.4 Å². The molecule has 1 aromatic rings. The summed E-state index contributed by atoms with van der Waals surface area (Å²) in [6, 6.07) is 6.31. The molecule has 0 aliphatic carbocycles. The van der Waals surface area contributed by atoms with E-state index < -0.39 is 0 Å². The molecule has 3 heteroatoms. The molecule has 1 aromatic carbocycles. The molecule has 1 saturated heterocycles. The minimum absolute atomic E-state index is 0.367. The van der Waals surface area contributed by atoms with E-state index in [0.717, 1.165) is 25.4 Å². The van der Waals surface area contributed by atoms with Crippen LogP contribution >= 0.6 is 0 Å². The van der Waals surface area contributed by atoms with Crippen LogP contribution in [-0.4, -0.2) is 26.3 Å². The molecule has 1 fully saturated rings. The van der Waals surface area contributed by atoms with Crippen molar-refractivity contribution in [1.29, 1.82) is 0 Å². The minimum Gasteiger partial charge on any atom is -0.497 e. The van der Waals surface area contributed by atoms with Gasteiger partial charge in [-0.15, -0.1) is 0 Å². The molecule has 2 aliphatic rings. The average molecular weight is 205 g/mol. The van der Waals surface area contributed by atoms with E-state index >= 15 is 0 Å². The lowest BCUT2D eigenvalue weighted by atomic mass is 9.89. The molecule has 80 valence electrons. The molecule has 0 bridgehead atoms. The third-order valence-corrected chi connectivity index (χ3v) is 3.36. The summed E-state index contributed by atoms with van der Waals surface area (Å²) in [5, 5.41) is 3.38. The largest absolute Gasteiger partial charge is 0.497 e. The van der Waals surface area contributed by atoms with Crippen molar-refractivity contribution in [3.05, 3.63) is 29.3 Å². The minimum atomic E-state index is 0.367. The Kier molecular flexibility index (Phi) is 2.15. The van der Waals surface area contributed by atoms with Crippen molar-refractivity contribution in [3.63, 3.8) is 0 Å². The van der Waals surface area contributed by atoms with E-state index in [1.807, 2.05) is 6.07 Å². The number of hydrogen-bond acceptors (Lipinski definition) is 3. The van der Waals surface area contributed by atoms with Crippen LogP contribution in [0.3, 0.4) is 0 Å². The molecule has 15 heavy (non-hydrogen) atoms. The molecule has 0 radical (unpaired) electrons. The van der Waals surface area contributed by atoms with Crippen LogP contribution in [0.2, 0.25) is 0 Å². The van der Waals surface area contributed by atoms with E-state index in [0.29, 0.717) is 12.0 Å². The van der Waals surface area contributed by atoms with Gasteiger partial charge in [0.2, 0.25) is 0 Å². The highest BCUT2D eigenvalue weighted by atomic mass is 16.5. The fraction of sp³-hybridized carbons (Fsp3) is 0.500. The lowest BCUT2D eigenvalue weighted by Crippen LogP contribution is -2.26. The molecule has 3 rings (SSSR count). The van der Waals surface area contributed by atoms with Crippen molar-refractivity contribution >= 4 is 0 Å². The van der Waals surface area contributed by atoms with E-state index in [9.17, 15) is 0 Å². The van der Waals surface area contributed by atoms with Gasteiger partial charge in [-0.05, 0) is 23.3 Å². The molecule has 3 nitrogen and oxygen atoms in total. The molecule has 2 atom stereocenters. The summed E-state index contributed by atoms with van der Waals surface area (Å²) in [6.45, 7) is 2.73. The van der Waals surface area contributed by atoms with E-state index in [4.69, 9.17) is 9.47 Å². The van der Waals surface area contributed by atoms with Crippen molar-refractivity contribution in [2.45, 2.75) is 18.6 Å². The molecular weight excluding hydrogens is 190 g/mol. The van der Waals surface area contributed by atoms with Crippen LogP contribution in [0.25, 0.3) is 0 Å². The zero-order chi connectivity index (χ0) is 10.3. The molecule has 2 heterocycles. The average Bonchev–Trinajstić information content (AvgIpc) is 2.76. The van der Waals surface area contributed by atoms with Gasteiger partial charge >= 0.3 is 0 Å². The number of nitrogens with one attached hydrogen (secondary N) is 1. The first-order valence-electron chi connectivity index (χ1n) is 5.37. The zero-order valence-electron chi connectivity index (χ0n) is 8.82. The predicted molar refractivity (Wildman–Crippen MR) is 57.2 cm³/mol. The summed E-state index contributed by atoms with van der Waals surface area (Å²) >= 11 is 0. The summed E-state index contributed by atoms with van der Waals surface area (Å²) < 4.78 is 11.0. The van der Waals surface area contributed by atoms with Crippen LogP contribution in [0.1, 0.15) is 17.0 Å². The van der Waals surface area contributed by atoms with Gasteiger partial charge in [0.15, 0.2) is 0 Å². The van der Waals surface area contributed by atoms with Gasteiger partial charge < -0.3 is 14.8 Å². The highest BCUT2D eigenvalue weighted by molar-refractivity contribution is 5.40. The van der Waals surface area contributed by atoms with Gasteiger partial charge in [0.25, 0.3) is 0 Å². The van der Waals surface area contributed by atoms with E-state index in [-0.39, 0.29) is 0 Å². The van der Waals surface area contributed by atoms with Crippen molar-refractivity contribution in [2.75, 3.05) is 20.2 Å². The third kappa shape index (κ3) is 1.43. The molecule has 0 amide bonds. The van der Waals surface area contributed by atoms with E-state index in [1.165, 1.54) is 11.1 Å². The Morgan fingerprint density at radius 1 is 1.40 bits per heavy atom. The summed E-state index contributed by atoms with van der Waals surface area (Å²) in [7, 11) is 1.70. The van der Waals surface area contributed by atoms with Gasteiger partial charge in [-0.3, -0.25) is 0 Å². The smallest absolute Gasteiger partial charge is 0.119 e. The molecule has 0 saturated carbocycles. The Balaban J connectivity index is 2.00. The van der Waals surface area contributed by atoms with Crippen molar-refractivity contribution in [1.82, 2.24) is 5.32 Å². The second-order valence-electron chi connectivity index (χ2n) is 4.18. The van der Waals surface area contributed by atoms with Gasteiger partial charge in [-0.2, -0.15) is 0 Å². The Morgan fingerprint density at radius 2 is 2.33 bits per heavy atom. The molecule has 2 unspecified atom stereocenters. The first kappa shape index (κ1) is 9.19. The quantitative estimate of drug-likeness (QED) is 0.749. The maximum atomic E-state index is 5.81. The molecule has 0 spiro atoms. The highest BCUT2D eigenvalue weighted by Crippen LogP contribution is 2.35. The van der Waals surface area contributed by atoms with Gasteiger partial charge in [-0.25, -0.2) is 0 Å². The molecule has 1 N–H and O–H groups in total. The van der Waals surface area contributed by atoms with Crippen molar-refractivity contribution in [3.8, 4) is 5.75 Å². The monoisotopic (exact) mass is 205 g/mol. The second kappa shape index (κ2) is 3.51. The maximum absolute atomic E-state index is 5.81. The molecule has 2 aliphatic heterocycles. The van der Waals surface area contributed by atoms with E-state index in [2.05, 4.69) is 17.4 Å². The number of methoxy groups -OCH3 is 1. The van der Waals surface area contributed by atoms with Crippen LogP contribution in [0.15, 0.2) is 18.2 Å². The van der Waals surface area contributed by atoms with Gasteiger partial charge in [0, 0.05) is 19.0 Å². The fourth-order valence-electron chi connectivity index (χ4n) is 2.53. The summed E-state index contributed by atoms with van der Waals surface area (Å²) in [5.74, 6) is 1.45. The lowest BCUT2D eigenvalue weighted by molar-refractivity contribution is 0.0298. The Bertz CT molecular complexity index is 378. The Hall–Kier alpha value is -1.06. The first-order chi connectivity index (χ1) is 7.38. The van der Waals surface area contributed by atoms with Crippen molar-refractivity contribution in [2.24, 2.45) is 0 Å². The summed E-state index contributed by atoms with van der Waals surface area (Å²) in [5.41, 5.74) is 2.70. The molecular formula is C12H15NO2. The number of ether oxygens (including phenoxy) is 2. The maximum Gasteiger partial charge on any atom is 0.119 e. The molecule has 0 aromatic heterocycles. The first-order valence-corrected chi connectivity index (χ1v) is 5.37. The van der Waals surface area contributed by atoms with Crippen LogP contribution in [0.4, 0.5) is 0 Å². The normalized spacial score (nSPS) is 28.3. The zero-order valence-corrected chi connectivity index (χ0v) is 8.82.